The Hall–Kier alpha value is -2.22. The average molecular weight is 449 g/mol. The summed E-state index contributed by atoms with van der Waals surface area (Å²) in [6.45, 7) is 0.728. The second-order valence-corrected chi connectivity index (χ2v) is 8.67. The first-order valence-electron chi connectivity index (χ1n) is 8.95. The fraction of sp³-hybridized carbons (Fsp3) is 0.250. The Labute approximate surface area is 182 Å². The first kappa shape index (κ1) is 20.1. The second kappa shape index (κ2) is 8.26. The number of hydrogen-bond donors (Lipinski definition) is 0. The number of benzene rings is 2. The zero-order valence-corrected chi connectivity index (χ0v) is 18.1. The molecule has 0 aliphatic carbocycles. The molecule has 0 saturated carbocycles. The van der Waals surface area contributed by atoms with Crippen LogP contribution in [0.3, 0.4) is 0 Å². The van der Waals surface area contributed by atoms with E-state index in [4.69, 9.17) is 27.9 Å². The van der Waals surface area contributed by atoms with Crippen molar-refractivity contribution in [2.75, 3.05) is 20.7 Å². The summed E-state index contributed by atoms with van der Waals surface area (Å²) in [5.74, 6) is 1.30. The highest BCUT2D eigenvalue weighted by Gasteiger charge is 2.32. The molecular weight excluding hydrogens is 431 g/mol. The third-order valence-electron chi connectivity index (χ3n) is 4.72. The lowest BCUT2D eigenvalue weighted by molar-refractivity contribution is -0.126. The lowest BCUT2D eigenvalue weighted by atomic mass is 10.2. The van der Waals surface area contributed by atoms with E-state index in [1.165, 1.54) is 11.8 Å². The van der Waals surface area contributed by atoms with E-state index < -0.39 is 0 Å². The Balaban J connectivity index is 1.87. The molecule has 1 fully saturated rings. The van der Waals surface area contributed by atoms with Crippen LogP contribution in [0.2, 0.25) is 10.0 Å². The highest BCUT2D eigenvalue weighted by Crippen LogP contribution is 2.37. The molecule has 0 spiro atoms. The molecule has 4 rings (SSSR count). The Bertz CT molecular complexity index is 1070. The molecule has 1 atom stereocenters. The van der Waals surface area contributed by atoms with Gasteiger partial charge in [-0.1, -0.05) is 47.1 Å². The average Bonchev–Trinajstić information content (AvgIpc) is 3.26. The molecule has 6 nitrogen and oxygen atoms in total. The monoisotopic (exact) mass is 448 g/mol. The smallest absolute Gasteiger partial charge is 0.235 e. The third-order valence-corrected chi connectivity index (χ3v) is 6.39. The number of carbonyl (C=O) groups is 1. The molecular formula is C20H18Cl2N4O2S. The summed E-state index contributed by atoms with van der Waals surface area (Å²) in [5.41, 5.74) is 1.50. The van der Waals surface area contributed by atoms with Crippen LogP contribution < -0.4 is 4.74 Å². The van der Waals surface area contributed by atoms with Gasteiger partial charge in [-0.2, -0.15) is 0 Å². The van der Waals surface area contributed by atoms with Gasteiger partial charge in [0.2, 0.25) is 5.91 Å². The number of ether oxygens (including phenoxy) is 1. The summed E-state index contributed by atoms with van der Waals surface area (Å²) < 4.78 is 7.42. The Morgan fingerprint density at radius 3 is 2.62 bits per heavy atom. The van der Waals surface area contributed by atoms with Crippen molar-refractivity contribution >= 4 is 40.9 Å². The standard InChI is InChI=1S/C20H18Cl2N4O2S/c1-25-9-8-17(19(25)27)29-20-24-23-18(12-4-3-5-13(21)10-12)26(20)15-11-14(22)6-7-16(15)28-2/h3-7,10-11,17H,8-9H2,1-2H3. The van der Waals surface area contributed by atoms with Gasteiger partial charge in [0.1, 0.15) is 5.75 Å². The number of carbonyl (C=O) groups excluding carboxylic acids is 1. The van der Waals surface area contributed by atoms with Crippen LogP contribution in [0.15, 0.2) is 47.6 Å². The van der Waals surface area contributed by atoms with Crippen molar-refractivity contribution in [3.05, 3.63) is 52.5 Å². The van der Waals surface area contributed by atoms with Crippen molar-refractivity contribution in [3.8, 4) is 22.8 Å². The maximum absolute atomic E-state index is 12.4. The fourth-order valence-corrected chi connectivity index (χ4v) is 4.74. The van der Waals surface area contributed by atoms with Crippen LogP contribution in [0.25, 0.3) is 17.1 Å². The number of hydrogen-bond acceptors (Lipinski definition) is 5. The molecule has 3 aromatic rings. The maximum Gasteiger partial charge on any atom is 0.235 e. The minimum Gasteiger partial charge on any atom is -0.495 e. The van der Waals surface area contributed by atoms with Crippen LogP contribution in [0.4, 0.5) is 0 Å². The van der Waals surface area contributed by atoms with Gasteiger partial charge in [-0.3, -0.25) is 9.36 Å². The van der Waals surface area contributed by atoms with Crippen molar-refractivity contribution in [1.29, 1.82) is 0 Å². The molecule has 1 aliphatic rings. The molecule has 1 saturated heterocycles. The molecule has 0 radical (unpaired) electrons. The molecule has 0 N–H and O–H groups in total. The third kappa shape index (κ3) is 3.95. The Kier molecular flexibility index (Phi) is 5.72. The molecule has 1 unspecified atom stereocenters. The lowest BCUT2D eigenvalue weighted by Gasteiger charge is -2.16. The van der Waals surface area contributed by atoms with Gasteiger partial charge in [-0.25, -0.2) is 0 Å². The predicted octanol–water partition coefficient (Wildman–Crippen LogP) is 4.57. The van der Waals surface area contributed by atoms with E-state index in [2.05, 4.69) is 10.2 Å². The van der Waals surface area contributed by atoms with Crippen LogP contribution in [0.5, 0.6) is 5.75 Å². The van der Waals surface area contributed by atoms with Gasteiger partial charge in [0, 0.05) is 29.2 Å². The number of thioether (sulfide) groups is 1. The van der Waals surface area contributed by atoms with Crippen LogP contribution in [-0.2, 0) is 4.79 Å². The molecule has 2 aromatic carbocycles. The molecule has 150 valence electrons. The highest BCUT2D eigenvalue weighted by atomic mass is 35.5. The van der Waals surface area contributed by atoms with Gasteiger partial charge in [0.25, 0.3) is 0 Å². The molecule has 1 aromatic heterocycles. The summed E-state index contributed by atoms with van der Waals surface area (Å²) in [4.78, 5) is 14.2. The van der Waals surface area contributed by atoms with Crippen molar-refractivity contribution in [1.82, 2.24) is 19.7 Å². The number of likely N-dealkylation sites (tertiary alicyclic amines) is 1. The van der Waals surface area contributed by atoms with Crippen LogP contribution in [0, 0.1) is 0 Å². The number of nitrogens with zero attached hydrogens (tertiary/aromatic N) is 4. The molecule has 0 bridgehead atoms. The Morgan fingerprint density at radius 1 is 1.14 bits per heavy atom. The topological polar surface area (TPSA) is 60.2 Å². The fourth-order valence-electron chi connectivity index (χ4n) is 3.24. The van der Waals surface area contributed by atoms with E-state index in [1.54, 1.807) is 36.3 Å². The summed E-state index contributed by atoms with van der Waals surface area (Å²) in [6, 6.07) is 12.7. The summed E-state index contributed by atoms with van der Waals surface area (Å²) in [7, 11) is 3.41. The van der Waals surface area contributed by atoms with E-state index in [-0.39, 0.29) is 11.2 Å². The van der Waals surface area contributed by atoms with Gasteiger partial charge in [0.15, 0.2) is 11.0 Å². The zero-order chi connectivity index (χ0) is 20.5. The van der Waals surface area contributed by atoms with Crippen LogP contribution in [-0.4, -0.2) is 51.5 Å². The Morgan fingerprint density at radius 2 is 1.93 bits per heavy atom. The number of amides is 1. The van der Waals surface area contributed by atoms with Crippen molar-refractivity contribution < 1.29 is 9.53 Å². The first-order chi connectivity index (χ1) is 14.0. The van der Waals surface area contributed by atoms with Gasteiger partial charge < -0.3 is 9.64 Å². The van der Waals surface area contributed by atoms with Gasteiger partial charge in [0.05, 0.1) is 18.0 Å². The SMILES string of the molecule is COc1ccc(Cl)cc1-n1c(SC2CCN(C)C2=O)nnc1-c1cccc(Cl)c1. The number of methoxy groups -OCH3 is 1. The van der Waals surface area contributed by atoms with Crippen molar-refractivity contribution in [3.63, 3.8) is 0 Å². The van der Waals surface area contributed by atoms with Crippen molar-refractivity contribution in [2.24, 2.45) is 0 Å². The van der Waals surface area contributed by atoms with Crippen LogP contribution >= 0.6 is 35.0 Å². The molecule has 2 heterocycles. The second-order valence-electron chi connectivity index (χ2n) is 6.62. The quantitative estimate of drug-likeness (QED) is 0.571. The number of aromatic nitrogens is 3. The normalized spacial score (nSPS) is 16.5. The van der Waals surface area contributed by atoms with E-state index in [9.17, 15) is 4.79 Å². The minimum atomic E-state index is -0.208. The highest BCUT2D eigenvalue weighted by molar-refractivity contribution is 8.00. The molecule has 1 aliphatic heterocycles. The predicted molar refractivity (Wildman–Crippen MR) is 115 cm³/mol. The lowest BCUT2D eigenvalue weighted by Crippen LogP contribution is -2.24. The molecule has 9 heteroatoms. The summed E-state index contributed by atoms with van der Waals surface area (Å²) >= 11 is 13.9. The summed E-state index contributed by atoms with van der Waals surface area (Å²) in [5, 5.41) is 10.3. The number of rotatable bonds is 5. The maximum atomic E-state index is 12.4. The molecule has 29 heavy (non-hydrogen) atoms. The first-order valence-corrected chi connectivity index (χ1v) is 10.6. The van der Waals surface area contributed by atoms with Gasteiger partial charge in [-0.05, 0) is 36.8 Å². The van der Waals surface area contributed by atoms with E-state index in [0.29, 0.717) is 32.5 Å². The van der Waals surface area contributed by atoms with Gasteiger partial charge >= 0.3 is 0 Å². The van der Waals surface area contributed by atoms with Gasteiger partial charge in [-0.15, -0.1) is 10.2 Å². The largest absolute Gasteiger partial charge is 0.495 e. The zero-order valence-electron chi connectivity index (χ0n) is 15.8. The van der Waals surface area contributed by atoms with Crippen molar-refractivity contribution in [2.45, 2.75) is 16.8 Å². The minimum absolute atomic E-state index is 0.0897. The molecule has 1 amide bonds. The number of halogens is 2. The van der Waals surface area contributed by atoms with E-state index >= 15 is 0 Å². The van der Waals surface area contributed by atoms with E-state index in [1.807, 2.05) is 29.8 Å². The van der Waals surface area contributed by atoms with Crippen LogP contribution in [0.1, 0.15) is 6.42 Å². The summed E-state index contributed by atoms with van der Waals surface area (Å²) in [6.07, 6.45) is 0.756. The van der Waals surface area contributed by atoms with E-state index in [0.717, 1.165) is 18.5 Å².